The fourth-order valence-corrected chi connectivity index (χ4v) is 2.85. The van der Waals surface area contributed by atoms with E-state index in [1.807, 2.05) is 6.07 Å². The third kappa shape index (κ3) is 4.79. The summed E-state index contributed by atoms with van der Waals surface area (Å²) in [6.45, 7) is 0.187. The summed E-state index contributed by atoms with van der Waals surface area (Å²) in [5.41, 5.74) is 1.53. The van der Waals surface area contributed by atoms with Gasteiger partial charge in [0.2, 0.25) is 5.88 Å². The first-order valence-corrected chi connectivity index (χ1v) is 9.64. The number of rotatable bonds is 8. The van der Waals surface area contributed by atoms with Crippen LogP contribution in [-0.4, -0.2) is 45.5 Å². The summed E-state index contributed by atoms with van der Waals surface area (Å²) < 4.78 is 25.7. The molecule has 0 unspecified atom stereocenters. The van der Waals surface area contributed by atoms with Gasteiger partial charge in [-0.05, 0) is 42.5 Å². The minimum Gasteiger partial charge on any atom is -0.482 e. The number of carbonyl (C=O) groups excluding carboxylic acids is 1. The second kappa shape index (κ2) is 9.53. The molecule has 0 saturated carbocycles. The van der Waals surface area contributed by atoms with Crippen molar-refractivity contribution in [3.8, 4) is 29.1 Å². The molecule has 1 N–H and O–H groups in total. The third-order valence-corrected chi connectivity index (χ3v) is 4.38. The predicted octanol–water partition coefficient (Wildman–Crippen LogP) is 2.38. The topological polar surface area (TPSA) is 114 Å². The van der Waals surface area contributed by atoms with Crippen LogP contribution in [0.3, 0.4) is 0 Å². The highest BCUT2D eigenvalue weighted by Gasteiger charge is 2.11. The van der Waals surface area contributed by atoms with Gasteiger partial charge in [0.05, 0.1) is 12.1 Å². The Morgan fingerprint density at radius 1 is 1.06 bits per heavy atom. The molecule has 0 aliphatic heterocycles. The van der Waals surface area contributed by atoms with Gasteiger partial charge < -0.3 is 14.8 Å². The number of aromatic nitrogens is 4. The number of fused-ring (bicyclic) bond motifs is 1. The van der Waals surface area contributed by atoms with Crippen molar-refractivity contribution in [1.82, 2.24) is 25.1 Å². The molecule has 4 rings (SSSR count). The van der Waals surface area contributed by atoms with Gasteiger partial charge in [-0.1, -0.05) is 12.1 Å². The standard InChI is InChI=1S/C22H17FN6O3/c23-17-7-5-15(6-8-17)22-27-26-19-9-10-21(28-29(19)22)31-12-11-25-20(30)14-32-18-4-2-1-3-16(18)13-24/h1-10H,11-12,14H2,(H,25,30). The molecule has 10 heteroatoms. The number of halogens is 1. The molecule has 0 radical (unpaired) electrons. The maximum Gasteiger partial charge on any atom is 0.258 e. The Morgan fingerprint density at radius 2 is 1.88 bits per heavy atom. The van der Waals surface area contributed by atoms with E-state index in [1.54, 1.807) is 48.5 Å². The highest BCUT2D eigenvalue weighted by Crippen LogP contribution is 2.19. The van der Waals surface area contributed by atoms with Crippen LogP contribution < -0.4 is 14.8 Å². The van der Waals surface area contributed by atoms with Crippen molar-refractivity contribution in [2.24, 2.45) is 0 Å². The highest BCUT2D eigenvalue weighted by molar-refractivity contribution is 5.77. The lowest BCUT2D eigenvalue weighted by Crippen LogP contribution is -2.32. The number of nitrogens with zero attached hydrogens (tertiary/aromatic N) is 5. The number of hydrogen-bond acceptors (Lipinski definition) is 7. The average molecular weight is 432 g/mol. The zero-order valence-corrected chi connectivity index (χ0v) is 16.7. The van der Waals surface area contributed by atoms with Crippen molar-refractivity contribution in [3.05, 3.63) is 72.0 Å². The van der Waals surface area contributed by atoms with E-state index in [-0.39, 0.29) is 31.5 Å². The number of ether oxygens (including phenoxy) is 2. The summed E-state index contributed by atoms with van der Waals surface area (Å²) in [7, 11) is 0. The molecular weight excluding hydrogens is 415 g/mol. The summed E-state index contributed by atoms with van der Waals surface area (Å²) in [5.74, 6) is 0.427. The van der Waals surface area contributed by atoms with Gasteiger partial charge in [-0.2, -0.15) is 9.78 Å². The summed E-state index contributed by atoms with van der Waals surface area (Å²) in [5, 5.41) is 24.2. The van der Waals surface area contributed by atoms with Gasteiger partial charge in [-0.15, -0.1) is 15.3 Å². The van der Waals surface area contributed by atoms with Gasteiger partial charge in [-0.25, -0.2) is 4.39 Å². The number of amides is 1. The van der Waals surface area contributed by atoms with E-state index in [1.165, 1.54) is 16.6 Å². The third-order valence-electron chi connectivity index (χ3n) is 4.38. The fourth-order valence-electron chi connectivity index (χ4n) is 2.85. The van der Waals surface area contributed by atoms with E-state index in [0.29, 0.717) is 34.2 Å². The lowest BCUT2D eigenvalue weighted by atomic mass is 10.2. The number of hydrogen-bond donors (Lipinski definition) is 1. The van der Waals surface area contributed by atoms with Crippen LogP contribution >= 0.6 is 0 Å². The molecule has 2 heterocycles. The molecule has 4 aromatic rings. The van der Waals surface area contributed by atoms with Crippen molar-refractivity contribution in [2.45, 2.75) is 0 Å². The molecule has 0 aliphatic carbocycles. The molecule has 160 valence electrons. The van der Waals surface area contributed by atoms with Crippen molar-refractivity contribution in [1.29, 1.82) is 5.26 Å². The molecular formula is C22H17FN6O3. The van der Waals surface area contributed by atoms with Crippen LogP contribution in [0.5, 0.6) is 11.6 Å². The van der Waals surface area contributed by atoms with E-state index in [0.717, 1.165) is 0 Å². The van der Waals surface area contributed by atoms with E-state index in [2.05, 4.69) is 20.6 Å². The largest absolute Gasteiger partial charge is 0.482 e. The molecule has 0 fully saturated rings. The number of para-hydroxylation sites is 1. The first kappa shape index (κ1) is 20.7. The van der Waals surface area contributed by atoms with Crippen LogP contribution in [0.1, 0.15) is 5.56 Å². The Labute approximate surface area is 182 Å². The van der Waals surface area contributed by atoms with Crippen molar-refractivity contribution in [3.63, 3.8) is 0 Å². The second-order valence-corrected chi connectivity index (χ2v) is 6.57. The number of nitriles is 1. The van der Waals surface area contributed by atoms with Gasteiger partial charge >= 0.3 is 0 Å². The minimum atomic E-state index is -0.346. The summed E-state index contributed by atoms with van der Waals surface area (Å²) in [4.78, 5) is 12.0. The first-order valence-electron chi connectivity index (χ1n) is 9.64. The Morgan fingerprint density at radius 3 is 2.69 bits per heavy atom. The van der Waals surface area contributed by atoms with Crippen molar-refractivity contribution >= 4 is 11.6 Å². The van der Waals surface area contributed by atoms with Crippen molar-refractivity contribution < 1.29 is 18.7 Å². The maximum absolute atomic E-state index is 13.2. The molecule has 9 nitrogen and oxygen atoms in total. The number of nitrogens with one attached hydrogen (secondary N) is 1. The van der Waals surface area contributed by atoms with E-state index in [4.69, 9.17) is 14.7 Å². The summed E-state index contributed by atoms with van der Waals surface area (Å²) in [6, 6.07) is 17.9. The van der Waals surface area contributed by atoms with E-state index >= 15 is 0 Å². The van der Waals surface area contributed by atoms with Gasteiger partial charge in [0.25, 0.3) is 5.91 Å². The lowest BCUT2D eigenvalue weighted by Gasteiger charge is -2.09. The smallest absolute Gasteiger partial charge is 0.258 e. The van der Waals surface area contributed by atoms with Gasteiger partial charge in [0.1, 0.15) is 24.2 Å². The van der Waals surface area contributed by atoms with Gasteiger partial charge in [0, 0.05) is 11.6 Å². The molecule has 0 aliphatic rings. The van der Waals surface area contributed by atoms with E-state index < -0.39 is 0 Å². The van der Waals surface area contributed by atoms with Crippen LogP contribution in [0.4, 0.5) is 4.39 Å². The van der Waals surface area contributed by atoms with Crippen LogP contribution in [0.25, 0.3) is 17.0 Å². The molecule has 1 amide bonds. The monoisotopic (exact) mass is 432 g/mol. The van der Waals surface area contributed by atoms with Gasteiger partial charge in [0.15, 0.2) is 18.1 Å². The Kier molecular flexibility index (Phi) is 6.17. The molecule has 0 bridgehead atoms. The Balaban J connectivity index is 1.30. The zero-order valence-electron chi connectivity index (χ0n) is 16.7. The minimum absolute atomic E-state index is 0.174. The zero-order chi connectivity index (χ0) is 22.3. The average Bonchev–Trinajstić information content (AvgIpc) is 3.24. The molecule has 0 saturated heterocycles. The van der Waals surface area contributed by atoms with Crippen LogP contribution in [0.2, 0.25) is 0 Å². The molecule has 2 aromatic carbocycles. The summed E-state index contributed by atoms with van der Waals surface area (Å²) in [6.07, 6.45) is 0. The highest BCUT2D eigenvalue weighted by atomic mass is 19.1. The SMILES string of the molecule is N#Cc1ccccc1OCC(=O)NCCOc1ccc2nnc(-c3ccc(F)cc3)n2n1. The van der Waals surface area contributed by atoms with Crippen LogP contribution in [0.15, 0.2) is 60.7 Å². The molecule has 0 atom stereocenters. The normalized spacial score (nSPS) is 10.5. The summed E-state index contributed by atoms with van der Waals surface area (Å²) >= 11 is 0. The molecule has 2 aromatic heterocycles. The Hall–Kier alpha value is -4.52. The number of carbonyl (C=O) groups is 1. The van der Waals surface area contributed by atoms with Crippen LogP contribution in [-0.2, 0) is 4.79 Å². The second-order valence-electron chi connectivity index (χ2n) is 6.57. The van der Waals surface area contributed by atoms with E-state index in [9.17, 15) is 9.18 Å². The number of benzene rings is 2. The Bertz CT molecular complexity index is 1280. The molecule has 32 heavy (non-hydrogen) atoms. The fraction of sp³-hybridized carbons (Fsp3) is 0.136. The maximum atomic E-state index is 13.2. The van der Waals surface area contributed by atoms with Gasteiger partial charge in [-0.3, -0.25) is 4.79 Å². The van der Waals surface area contributed by atoms with Crippen LogP contribution in [0, 0.1) is 17.1 Å². The molecule has 0 spiro atoms. The lowest BCUT2D eigenvalue weighted by molar-refractivity contribution is -0.123. The first-order chi connectivity index (χ1) is 15.6. The van der Waals surface area contributed by atoms with Crippen molar-refractivity contribution in [2.75, 3.05) is 19.8 Å². The predicted molar refractivity (Wildman–Crippen MR) is 111 cm³/mol. The quantitative estimate of drug-likeness (QED) is 0.425.